The molecule has 0 aliphatic carbocycles. The van der Waals surface area contributed by atoms with Crippen molar-refractivity contribution >= 4 is 32.6 Å². The van der Waals surface area contributed by atoms with E-state index in [1.165, 1.54) is 41.7 Å². The Labute approximate surface area is 194 Å². The van der Waals surface area contributed by atoms with Gasteiger partial charge < -0.3 is 10.6 Å². The van der Waals surface area contributed by atoms with Gasteiger partial charge in [0.25, 0.3) is 5.91 Å². The van der Waals surface area contributed by atoms with E-state index in [0.717, 1.165) is 16.3 Å². The molecule has 0 bridgehead atoms. The van der Waals surface area contributed by atoms with Gasteiger partial charge in [-0.3, -0.25) is 9.59 Å². The van der Waals surface area contributed by atoms with Crippen LogP contribution >= 0.6 is 0 Å². The highest BCUT2D eigenvalue weighted by atomic mass is 32.2. The van der Waals surface area contributed by atoms with E-state index < -0.39 is 10.0 Å². The lowest BCUT2D eigenvalue weighted by molar-refractivity contribution is -0.116. The van der Waals surface area contributed by atoms with Crippen LogP contribution in [-0.2, 0) is 21.4 Å². The second-order valence-electron chi connectivity index (χ2n) is 7.52. The fraction of sp³-hybridized carbons (Fsp3) is 0.200. The highest BCUT2D eigenvalue weighted by Crippen LogP contribution is 2.19. The molecule has 2 amide bonds. The van der Waals surface area contributed by atoms with Crippen molar-refractivity contribution in [3.05, 3.63) is 90.5 Å². The van der Waals surface area contributed by atoms with Crippen LogP contribution in [0.2, 0.25) is 0 Å². The fourth-order valence-corrected chi connectivity index (χ4v) is 4.60. The number of rotatable bonds is 10. The molecule has 0 heterocycles. The molecule has 3 aromatic rings. The van der Waals surface area contributed by atoms with Crippen molar-refractivity contribution in [1.82, 2.24) is 14.9 Å². The monoisotopic (exact) mass is 465 g/mol. The topological polar surface area (TPSA) is 95.6 Å². The molecule has 8 heteroatoms. The maximum Gasteiger partial charge on any atom is 0.251 e. The Morgan fingerprint density at radius 1 is 0.970 bits per heavy atom. The van der Waals surface area contributed by atoms with Gasteiger partial charge in [-0.2, -0.15) is 0 Å². The van der Waals surface area contributed by atoms with Crippen LogP contribution in [0.25, 0.3) is 10.8 Å². The van der Waals surface area contributed by atoms with E-state index in [4.69, 9.17) is 0 Å². The Morgan fingerprint density at radius 3 is 2.39 bits per heavy atom. The number of benzene rings is 3. The first-order chi connectivity index (χ1) is 15.8. The Kier molecular flexibility index (Phi) is 7.97. The molecule has 3 rings (SSSR count). The third-order valence-electron chi connectivity index (χ3n) is 5.28. The number of sulfonamides is 1. The first kappa shape index (κ1) is 24.2. The number of carbonyl (C=O) groups is 2. The van der Waals surface area contributed by atoms with Gasteiger partial charge in [-0.05, 0) is 53.1 Å². The van der Waals surface area contributed by atoms with Crippen LogP contribution in [0.3, 0.4) is 0 Å². The number of amides is 2. The van der Waals surface area contributed by atoms with E-state index in [9.17, 15) is 18.0 Å². The highest BCUT2D eigenvalue weighted by molar-refractivity contribution is 7.89. The summed E-state index contributed by atoms with van der Waals surface area (Å²) in [5, 5.41) is 7.69. The van der Waals surface area contributed by atoms with Gasteiger partial charge in [0.05, 0.1) is 4.90 Å². The predicted octanol–water partition coefficient (Wildman–Crippen LogP) is 3.08. The van der Waals surface area contributed by atoms with Crippen LogP contribution in [0.4, 0.5) is 0 Å². The van der Waals surface area contributed by atoms with E-state index in [2.05, 4.69) is 17.2 Å². The van der Waals surface area contributed by atoms with Crippen LogP contribution in [-0.4, -0.2) is 44.7 Å². The van der Waals surface area contributed by atoms with Crippen molar-refractivity contribution in [2.24, 2.45) is 0 Å². The van der Waals surface area contributed by atoms with Crippen LogP contribution in [0, 0.1) is 0 Å². The summed E-state index contributed by atoms with van der Waals surface area (Å²) in [7, 11) is -2.22. The number of hydrogen-bond donors (Lipinski definition) is 2. The Morgan fingerprint density at radius 2 is 1.67 bits per heavy atom. The molecule has 0 fully saturated rings. The van der Waals surface area contributed by atoms with E-state index in [-0.39, 0.29) is 23.3 Å². The predicted molar refractivity (Wildman–Crippen MR) is 129 cm³/mol. The number of nitrogens with one attached hydrogen (secondary N) is 2. The number of carbonyl (C=O) groups excluding carboxylic acids is 2. The molecule has 0 spiro atoms. The largest absolute Gasteiger partial charge is 0.353 e. The third-order valence-corrected chi connectivity index (χ3v) is 7.15. The Balaban J connectivity index is 1.59. The molecule has 2 N–H and O–H groups in total. The minimum absolute atomic E-state index is 0.103. The summed E-state index contributed by atoms with van der Waals surface area (Å²) in [4.78, 5) is 23.8. The normalized spacial score (nSPS) is 11.3. The molecule has 3 aromatic carbocycles. The average Bonchev–Trinajstić information content (AvgIpc) is 2.84. The zero-order valence-electron chi connectivity index (χ0n) is 18.5. The van der Waals surface area contributed by atoms with Crippen LogP contribution < -0.4 is 10.6 Å². The molecule has 0 radical (unpaired) electrons. The lowest BCUT2D eigenvalue weighted by Crippen LogP contribution is -2.31. The summed E-state index contributed by atoms with van der Waals surface area (Å²) in [5.74, 6) is -0.576. The van der Waals surface area contributed by atoms with Gasteiger partial charge in [0, 0.05) is 32.2 Å². The second-order valence-corrected chi connectivity index (χ2v) is 9.57. The Bertz CT molecular complexity index is 1250. The zero-order chi connectivity index (χ0) is 23.8. The molecular weight excluding hydrogens is 438 g/mol. The minimum atomic E-state index is -3.70. The molecule has 0 saturated heterocycles. The number of hydrogen-bond acceptors (Lipinski definition) is 4. The quantitative estimate of drug-likeness (QED) is 0.355. The van der Waals surface area contributed by atoms with Gasteiger partial charge in [-0.25, -0.2) is 12.7 Å². The van der Waals surface area contributed by atoms with Gasteiger partial charge in [-0.1, -0.05) is 49.0 Å². The molecule has 7 nitrogen and oxygen atoms in total. The van der Waals surface area contributed by atoms with E-state index in [1.807, 2.05) is 42.5 Å². The van der Waals surface area contributed by atoms with E-state index in [0.29, 0.717) is 25.1 Å². The van der Waals surface area contributed by atoms with Gasteiger partial charge in [0.15, 0.2) is 0 Å². The highest BCUT2D eigenvalue weighted by Gasteiger charge is 2.20. The van der Waals surface area contributed by atoms with Gasteiger partial charge in [0.1, 0.15) is 0 Å². The summed E-state index contributed by atoms with van der Waals surface area (Å²) < 4.78 is 26.7. The maximum absolute atomic E-state index is 12.8. The molecule has 0 aliphatic rings. The maximum atomic E-state index is 12.8. The van der Waals surface area contributed by atoms with Crippen molar-refractivity contribution < 1.29 is 18.0 Å². The van der Waals surface area contributed by atoms with Gasteiger partial charge >= 0.3 is 0 Å². The lowest BCUT2D eigenvalue weighted by atomic mass is 10.0. The second kappa shape index (κ2) is 10.9. The van der Waals surface area contributed by atoms with E-state index >= 15 is 0 Å². The SMILES string of the molecule is C=CC(=O)NCCCN(C)S(=O)(=O)c1ccc(C(=O)NCc2cccc3ccccc23)cc1. The fourth-order valence-electron chi connectivity index (χ4n) is 3.39. The minimum Gasteiger partial charge on any atom is -0.353 e. The summed E-state index contributed by atoms with van der Waals surface area (Å²) in [6.45, 7) is 4.32. The average molecular weight is 466 g/mol. The third kappa shape index (κ3) is 6.06. The molecule has 0 aromatic heterocycles. The number of fused-ring (bicyclic) bond motifs is 1. The molecule has 0 unspecified atom stereocenters. The van der Waals surface area contributed by atoms with Crippen LogP contribution in [0.1, 0.15) is 22.3 Å². The summed E-state index contributed by atoms with van der Waals surface area (Å²) in [6, 6.07) is 19.8. The van der Waals surface area contributed by atoms with Crippen LogP contribution in [0.5, 0.6) is 0 Å². The summed E-state index contributed by atoms with van der Waals surface area (Å²) in [6.07, 6.45) is 1.63. The molecular formula is C25H27N3O4S. The van der Waals surface area contributed by atoms with Gasteiger partial charge in [0.2, 0.25) is 15.9 Å². The van der Waals surface area contributed by atoms with Gasteiger partial charge in [-0.15, -0.1) is 0 Å². The van der Waals surface area contributed by atoms with Crippen molar-refractivity contribution in [2.75, 3.05) is 20.1 Å². The standard InChI is InChI=1S/C25H27N3O4S/c1-3-24(29)26-16-7-17-28(2)33(31,32)22-14-12-20(13-15-22)25(30)27-18-21-10-6-9-19-8-4-5-11-23(19)21/h3-6,8-15H,1,7,16-18H2,2H3,(H,26,29)(H,27,30). The first-order valence-electron chi connectivity index (χ1n) is 10.5. The van der Waals surface area contributed by atoms with Crippen molar-refractivity contribution in [2.45, 2.75) is 17.9 Å². The van der Waals surface area contributed by atoms with Crippen molar-refractivity contribution in [3.63, 3.8) is 0 Å². The zero-order valence-corrected chi connectivity index (χ0v) is 19.3. The molecule has 0 saturated carbocycles. The van der Waals surface area contributed by atoms with Crippen LogP contribution in [0.15, 0.2) is 84.3 Å². The lowest BCUT2D eigenvalue weighted by Gasteiger charge is -2.17. The molecule has 0 aliphatic heterocycles. The smallest absolute Gasteiger partial charge is 0.251 e. The summed E-state index contributed by atoms with van der Waals surface area (Å²) in [5.41, 5.74) is 1.38. The van der Waals surface area contributed by atoms with E-state index in [1.54, 1.807) is 0 Å². The molecule has 172 valence electrons. The Hall–Kier alpha value is -3.49. The van der Waals surface area contributed by atoms with Crippen molar-refractivity contribution in [3.8, 4) is 0 Å². The first-order valence-corrected chi connectivity index (χ1v) is 12.0. The van der Waals surface area contributed by atoms with Crippen molar-refractivity contribution in [1.29, 1.82) is 0 Å². The molecule has 33 heavy (non-hydrogen) atoms. The summed E-state index contributed by atoms with van der Waals surface area (Å²) >= 11 is 0. The number of nitrogens with zero attached hydrogens (tertiary/aromatic N) is 1. The molecule has 0 atom stereocenters.